The highest BCUT2D eigenvalue weighted by Gasteiger charge is 2.22. The maximum Gasteiger partial charge on any atom is 0.155 e. The lowest BCUT2D eigenvalue weighted by Gasteiger charge is -2.35. The van der Waals surface area contributed by atoms with E-state index in [1.807, 2.05) is 24.9 Å². The topological polar surface area (TPSA) is 76.1 Å². The molecule has 0 amide bonds. The van der Waals surface area contributed by atoms with Crippen LogP contribution in [0.3, 0.4) is 0 Å². The van der Waals surface area contributed by atoms with Crippen LogP contribution in [0.4, 0.5) is 5.82 Å². The Balaban J connectivity index is 1.47. The number of nitrogens with two attached hydrogens (primary N) is 1. The second-order valence-corrected chi connectivity index (χ2v) is 7.78. The summed E-state index contributed by atoms with van der Waals surface area (Å²) in [6.07, 6.45) is 5.52. The molecule has 1 atom stereocenters. The normalized spacial score (nSPS) is 16.2. The first-order chi connectivity index (χ1) is 14.0. The highest BCUT2D eigenvalue weighted by molar-refractivity contribution is 5.72. The number of anilines is 1. The van der Waals surface area contributed by atoms with Crippen LogP contribution in [0.25, 0.3) is 11.3 Å². The molecule has 7 heteroatoms. The molecular weight excluding hydrogens is 362 g/mol. The van der Waals surface area contributed by atoms with E-state index in [2.05, 4.69) is 56.1 Å². The molecule has 0 bridgehead atoms. The third-order valence-electron chi connectivity index (χ3n) is 5.79. The molecule has 0 aliphatic carbocycles. The van der Waals surface area contributed by atoms with Crippen molar-refractivity contribution in [2.45, 2.75) is 26.4 Å². The molecule has 1 fully saturated rings. The van der Waals surface area contributed by atoms with Crippen LogP contribution in [0, 0.1) is 6.92 Å². The van der Waals surface area contributed by atoms with Crippen LogP contribution in [0.5, 0.6) is 0 Å². The Morgan fingerprint density at radius 2 is 1.72 bits per heavy atom. The van der Waals surface area contributed by atoms with Gasteiger partial charge in [-0.05, 0) is 19.4 Å². The molecule has 4 rings (SSSR count). The van der Waals surface area contributed by atoms with Gasteiger partial charge >= 0.3 is 0 Å². The lowest BCUT2D eigenvalue weighted by Crippen LogP contribution is -2.46. The zero-order chi connectivity index (χ0) is 20.4. The van der Waals surface area contributed by atoms with Gasteiger partial charge in [0.15, 0.2) is 5.82 Å². The second-order valence-electron chi connectivity index (χ2n) is 7.78. The summed E-state index contributed by atoms with van der Waals surface area (Å²) < 4.78 is 1.94. The number of hydrogen-bond acceptors (Lipinski definition) is 6. The molecule has 1 aliphatic rings. The van der Waals surface area contributed by atoms with Crippen LogP contribution in [-0.4, -0.2) is 50.8 Å². The first-order valence-electron chi connectivity index (χ1n) is 10.1. The number of aryl methyl sites for hydroxylation is 1. The van der Waals surface area contributed by atoms with Gasteiger partial charge in [0, 0.05) is 75.0 Å². The molecule has 7 nitrogen and oxygen atoms in total. The van der Waals surface area contributed by atoms with Crippen LogP contribution in [0.1, 0.15) is 29.8 Å². The predicted octanol–water partition coefficient (Wildman–Crippen LogP) is 2.53. The third-order valence-corrected chi connectivity index (χ3v) is 5.79. The molecule has 0 saturated carbocycles. The third kappa shape index (κ3) is 4.16. The maximum atomic E-state index is 5.98. The Morgan fingerprint density at radius 1 is 1.03 bits per heavy atom. The van der Waals surface area contributed by atoms with Crippen molar-refractivity contribution in [2.75, 3.05) is 31.1 Å². The van der Waals surface area contributed by atoms with Gasteiger partial charge in [-0.3, -0.25) is 14.6 Å². The van der Waals surface area contributed by atoms with E-state index in [-0.39, 0.29) is 6.04 Å². The smallest absolute Gasteiger partial charge is 0.155 e. The van der Waals surface area contributed by atoms with Crippen LogP contribution in [-0.2, 0) is 13.6 Å². The zero-order valence-electron chi connectivity index (χ0n) is 17.4. The molecule has 3 aromatic rings. The van der Waals surface area contributed by atoms with Gasteiger partial charge in [-0.15, -0.1) is 0 Å². The Morgan fingerprint density at radius 3 is 2.34 bits per heavy atom. The molecule has 3 heterocycles. The van der Waals surface area contributed by atoms with Crippen molar-refractivity contribution < 1.29 is 0 Å². The van der Waals surface area contributed by atoms with E-state index >= 15 is 0 Å². The Labute approximate surface area is 172 Å². The summed E-state index contributed by atoms with van der Waals surface area (Å²) in [5.74, 6) is 0.957. The van der Waals surface area contributed by atoms with Crippen LogP contribution in [0.2, 0.25) is 0 Å². The summed E-state index contributed by atoms with van der Waals surface area (Å²) >= 11 is 0. The summed E-state index contributed by atoms with van der Waals surface area (Å²) in [7, 11) is 1.99. The summed E-state index contributed by atoms with van der Waals surface area (Å²) in [4.78, 5) is 14.1. The summed E-state index contributed by atoms with van der Waals surface area (Å²) in [6, 6.07) is 8.36. The minimum absolute atomic E-state index is 0.0295. The predicted molar refractivity (Wildman–Crippen MR) is 116 cm³/mol. The van der Waals surface area contributed by atoms with E-state index in [4.69, 9.17) is 5.73 Å². The van der Waals surface area contributed by atoms with E-state index in [0.717, 1.165) is 55.4 Å². The van der Waals surface area contributed by atoms with Gasteiger partial charge in [-0.2, -0.15) is 5.10 Å². The van der Waals surface area contributed by atoms with E-state index in [1.165, 1.54) is 11.3 Å². The van der Waals surface area contributed by atoms with Crippen molar-refractivity contribution in [3.8, 4) is 11.3 Å². The van der Waals surface area contributed by atoms with E-state index in [9.17, 15) is 0 Å². The van der Waals surface area contributed by atoms with Crippen molar-refractivity contribution in [1.82, 2.24) is 24.6 Å². The monoisotopic (exact) mass is 391 g/mol. The van der Waals surface area contributed by atoms with E-state index in [1.54, 1.807) is 12.4 Å². The Bertz CT molecular complexity index is 954. The summed E-state index contributed by atoms with van der Waals surface area (Å²) in [6.45, 7) is 8.92. The highest BCUT2D eigenvalue weighted by atomic mass is 15.3. The molecule has 1 aliphatic heterocycles. The molecule has 152 valence electrons. The quantitative estimate of drug-likeness (QED) is 0.720. The van der Waals surface area contributed by atoms with Crippen molar-refractivity contribution in [3.05, 3.63) is 59.7 Å². The van der Waals surface area contributed by atoms with Crippen LogP contribution >= 0.6 is 0 Å². The molecule has 1 aromatic carbocycles. The number of piperazine rings is 1. The number of nitrogens with zero attached hydrogens (tertiary/aromatic N) is 6. The number of hydrogen-bond donors (Lipinski definition) is 1. The lowest BCUT2D eigenvalue weighted by atomic mass is 10.0. The van der Waals surface area contributed by atoms with Crippen LogP contribution in [0.15, 0.2) is 42.9 Å². The van der Waals surface area contributed by atoms with Gasteiger partial charge < -0.3 is 10.6 Å². The number of benzene rings is 1. The largest absolute Gasteiger partial charge is 0.352 e. The highest BCUT2D eigenvalue weighted by Crippen LogP contribution is 2.28. The Kier molecular flexibility index (Phi) is 5.60. The van der Waals surface area contributed by atoms with Gasteiger partial charge in [-0.25, -0.2) is 4.98 Å². The molecule has 2 N–H and O–H groups in total. The van der Waals surface area contributed by atoms with Gasteiger partial charge in [0.2, 0.25) is 0 Å². The van der Waals surface area contributed by atoms with Crippen molar-refractivity contribution in [3.63, 3.8) is 0 Å². The fourth-order valence-electron chi connectivity index (χ4n) is 3.77. The molecular formula is C22H29N7. The minimum Gasteiger partial charge on any atom is -0.352 e. The number of aromatic nitrogens is 4. The van der Waals surface area contributed by atoms with Crippen molar-refractivity contribution in [1.29, 1.82) is 0 Å². The van der Waals surface area contributed by atoms with Crippen molar-refractivity contribution >= 4 is 5.82 Å². The summed E-state index contributed by atoms with van der Waals surface area (Å²) in [5, 5.41) is 4.36. The fourth-order valence-corrected chi connectivity index (χ4v) is 3.77. The van der Waals surface area contributed by atoms with Gasteiger partial charge in [0.05, 0.1) is 6.20 Å². The average Bonchev–Trinajstić information content (AvgIpc) is 3.06. The van der Waals surface area contributed by atoms with E-state index < -0.39 is 0 Å². The molecule has 29 heavy (non-hydrogen) atoms. The molecule has 0 radical (unpaired) electrons. The Hall–Kier alpha value is -2.77. The van der Waals surface area contributed by atoms with E-state index in [0.29, 0.717) is 0 Å². The standard InChI is InChI=1S/C22H29N7/c1-16(23)18-4-6-19(7-5-18)21-22(25-9-8-24-21)29-12-10-28(11-13-29)15-20-14-26-27(3)17(20)2/h4-9,14,16H,10-13,15,23H2,1-3H3. The first-order valence-corrected chi connectivity index (χ1v) is 10.1. The lowest BCUT2D eigenvalue weighted by molar-refractivity contribution is 0.249. The van der Waals surface area contributed by atoms with Gasteiger partial charge in [0.25, 0.3) is 0 Å². The molecule has 1 unspecified atom stereocenters. The molecule has 2 aromatic heterocycles. The molecule has 0 spiro atoms. The molecule has 1 saturated heterocycles. The van der Waals surface area contributed by atoms with Crippen molar-refractivity contribution in [2.24, 2.45) is 12.8 Å². The van der Waals surface area contributed by atoms with Gasteiger partial charge in [-0.1, -0.05) is 24.3 Å². The SMILES string of the molecule is Cc1c(CN2CCN(c3nccnc3-c3ccc(C(C)N)cc3)CC2)cnn1C. The summed E-state index contributed by atoms with van der Waals surface area (Å²) in [5.41, 5.74) is 11.6. The average molecular weight is 392 g/mol. The zero-order valence-corrected chi connectivity index (χ0v) is 17.4. The minimum atomic E-state index is 0.0295. The first kappa shape index (κ1) is 19.5. The van der Waals surface area contributed by atoms with Crippen LogP contribution < -0.4 is 10.6 Å². The fraction of sp³-hybridized carbons (Fsp3) is 0.409. The maximum absolute atomic E-state index is 5.98. The van der Waals surface area contributed by atoms with Gasteiger partial charge in [0.1, 0.15) is 5.69 Å². The number of rotatable bonds is 5. The second kappa shape index (κ2) is 8.31.